The van der Waals surface area contributed by atoms with E-state index in [0.29, 0.717) is 5.70 Å². The summed E-state index contributed by atoms with van der Waals surface area (Å²) in [4.78, 5) is 42.1. The van der Waals surface area contributed by atoms with Crippen LogP contribution in [0.2, 0.25) is 0 Å². The van der Waals surface area contributed by atoms with E-state index in [1.807, 2.05) is 30.3 Å². The Bertz CT molecular complexity index is 1180. The molecule has 0 unspecified atom stereocenters. The molecule has 10 heteroatoms. The number of halogens is 3. The predicted molar refractivity (Wildman–Crippen MR) is 122 cm³/mol. The number of amides is 4. The lowest BCUT2D eigenvalue weighted by atomic mass is 9.91. The first kappa shape index (κ1) is 24.3. The maximum atomic E-state index is 13.8. The van der Waals surface area contributed by atoms with Crippen molar-refractivity contribution in [3.63, 3.8) is 0 Å². The molecular weight excluding hydrogens is 461 g/mol. The second kappa shape index (κ2) is 9.44. The molecule has 2 heterocycles. The molecule has 0 bridgehead atoms. The van der Waals surface area contributed by atoms with Gasteiger partial charge in [-0.05, 0) is 24.1 Å². The molecule has 0 saturated heterocycles. The summed E-state index contributed by atoms with van der Waals surface area (Å²) in [5.74, 6) is -0.985. The molecule has 2 aliphatic heterocycles. The molecule has 35 heavy (non-hydrogen) atoms. The number of nitrogens with zero attached hydrogens (tertiary/aromatic N) is 2. The van der Waals surface area contributed by atoms with E-state index in [1.165, 1.54) is 35.0 Å². The molecule has 0 aliphatic carbocycles. The molecule has 184 valence electrons. The smallest absolute Gasteiger partial charge is 0.357 e. The van der Waals surface area contributed by atoms with Crippen molar-refractivity contribution in [2.45, 2.75) is 31.6 Å². The number of benzene rings is 2. The fraction of sp³-hybridized carbons (Fsp3) is 0.320. The molecule has 2 aromatic carbocycles. The highest BCUT2D eigenvalue weighted by Gasteiger charge is 2.48. The van der Waals surface area contributed by atoms with Gasteiger partial charge in [0, 0.05) is 20.0 Å². The SMILES string of the molecule is CCN1C(=O)N[C@H](c2ccccc2C(F)(F)F)C2=C1CN([C@@H](Cc1ccccc1)C(=O)NC)C2=O. The van der Waals surface area contributed by atoms with Crippen molar-refractivity contribution in [2.24, 2.45) is 0 Å². The summed E-state index contributed by atoms with van der Waals surface area (Å²) < 4.78 is 41.4. The van der Waals surface area contributed by atoms with Gasteiger partial charge in [0.05, 0.1) is 29.4 Å². The molecule has 2 atom stereocenters. The average Bonchev–Trinajstić information content (AvgIpc) is 3.18. The summed E-state index contributed by atoms with van der Waals surface area (Å²) in [6.45, 7) is 1.86. The molecule has 2 aromatic rings. The van der Waals surface area contributed by atoms with Gasteiger partial charge in [0.1, 0.15) is 6.04 Å². The van der Waals surface area contributed by atoms with Crippen LogP contribution in [0.4, 0.5) is 18.0 Å². The molecule has 0 aromatic heterocycles. The number of likely N-dealkylation sites (N-methyl/N-ethyl adjacent to an activating group) is 2. The van der Waals surface area contributed by atoms with Crippen LogP contribution in [0, 0.1) is 0 Å². The maximum absolute atomic E-state index is 13.8. The lowest BCUT2D eigenvalue weighted by Crippen LogP contribution is -2.49. The van der Waals surface area contributed by atoms with Crippen LogP contribution in [0.15, 0.2) is 65.9 Å². The van der Waals surface area contributed by atoms with Gasteiger partial charge in [0.15, 0.2) is 0 Å². The standard InChI is InChI=1S/C25H25F3N4O3/c1-3-31-19-14-32(18(22(33)29-2)13-15-9-5-4-6-10-15)23(34)20(19)21(30-24(31)35)16-11-7-8-12-17(16)25(26,27)28/h4-12,18,21H,3,13-14H2,1-2H3,(H,29,33)(H,30,35)/t18-,21+/m0/s1. The minimum Gasteiger partial charge on any atom is -0.357 e. The van der Waals surface area contributed by atoms with Gasteiger partial charge in [-0.1, -0.05) is 48.5 Å². The zero-order valence-electron chi connectivity index (χ0n) is 19.2. The summed E-state index contributed by atoms with van der Waals surface area (Å²) in [5.41, 5.74) is 0.0291. The second-order valence-corrected chi connectivity index (χ2v) is 8.32. The lowest BCUT2D eigenvalue weighted by Gasteiger charge is -2.33. The van der Waals surface area contributed by atoms with Crippen LogP contribution < -0.4 is 10.6 Å². The van der Waals surface area contributed by atoms with Crippen LogP contribution in [0.25, 0.3) is 0 Å². The van der Waals surface area contributed by atoms with Crippen LogP contribution in [0.3, 0.4) is 0 Å². The highest BCUT2D eigenvalue weighted by molar-refractivity contribution is 6.03. The van der Waals surface area contributed by atoms with E-state index in [4.69, 9.17) is 0 Å². The Morgan fingerprint density at radius 1 is 1.11 bits per heavy atom. The molecule has 4 amide bonds. The normalized spacial score (nSPS) is 18.9. The van der Waals surface area contributed by atoms with Crippen molar-refractivity contribution >= 4 is 17.8 Å². The van der Waals surface area contributed by atoms with E-state index in [2.05, 4.69) is 10.6 Å². The predicted octanol–water partition coefficient (Wildman–Crippen LogP) is 3.25. The zero-order chi connectivity index (χ0) is 25.3. The minimum absolute atomic E-state index is 0.0464. The Morgan fingerprint density at radius 2 is 1.77 bits per heavy atom. The van der Waals surface area contributed by atoms with Gasteiger partial charge in [0.2, 0.25) is 5.91 Å². The van der Waals surface area contributed by atoms with Gasteiger partial charge in [-0.2, -0.15) is 13.2 Å². The first-order chi connectivity index (χ1) is 16.7. The molecule has 4 rings (SSSR count). The first-order valence-electron chi connectivity index (χ1n) is 11.2. The molecule has 2 N–H and O–H groups in total. The van der Waals surface area contributed by atoms with Crippen molar-refractivity contribution in [1.29, 1.82) is 0 Å². The second-order valence-electron chi connectivity index (χ2n) is 8.32. The number of carbonyl (C=O) groups is 3. The van der Waals surface area contributed by atoms with Crippen LogP contribution in [-0.2, 0) is 22.2 Å². The highest BCUT2D eigenvalue weighted by atomic mass is 19.4. The number of hydrogen-bond donors (Lipinski definition) is 2. The molecule has 7 nitrogen and oxygen atoms in total. The third-order valence-electron chi connectivity index (χ3n) is 6.34. The average molecular weight is 486 g/mol. The molecule has 2 aliphatic rings. The Kier molecular flexibility index (Phi) is 6.56. The number of carbonyl (C=O) groups excluding carboxylic acids is 3. The Morgan fingerprint density at radius 3 is 2.40 bits per heavy atom. The topological polar surface area (TPSA) is 81.8 Å². The van der Waals surface area contributed by atoms with E-state index in [-0.39, 0.29) is 30.6 Å². The zero-order valence-corrected chi connectivity index (χ0v) is 19.2. The third-order valence-corrected chi connectivity index (χ3v) is 6.34. The van der Waals surface area contributed by atoms with Crippen LogP contribution >= 0.6 is 0 Å². The fourth-order valence-electron chi connectivity index (χ4n) is 4.69. The Balaban J connectivity index is 1.78. The summed E-state index contributed by atoms with van der Waals surface area (Å²) in [6, 6.07) is 11.2. The summed E-state index contributed by atoms with van der Waals surface area (Å²) >= 11 is 0. The summed E-state index contributed by atoms with van der Waals surface area (Å²) in [7, 11) is 1.46. The number of alkyl halides is 3. The van der Waals surface area contributed by atoms with Crippen LogP contribution in [-0.4, -0.2) is 53.8 Å². The maximum Gasteiger partial charge on any atom is 0.416 e. The molecular formula is C25H25F3N4O3. The number of rotatable bonds is 6. The molecule has 0 fully saturated rings. The molecule has 0 radical (unpaired) electrons. The minimum atomic E-state index is -4.68. The summed E-state index contributed by atoms with van der Waals surface area (Å²) in [6.07, 6.45) is -4.46. The van der Waals surface area contributed by atoms with Gasteiger partial charge in [-0.3, -0.25) is 14.5 Å². The van der Waals surface area contributed by atoms with Crippen molar-refractivity contribution in [3.8, 4) is 0 Å². The Labute approximate surface area is 200 Å². The number of nitrogens with one attached hydrogen (secondary N) is 2. The van der Waals surface area contributed by atoms with E-state index in [1.54, 1.807) is 6.92 Å². The molecule has 0 saturated carbocycles. The van der Waals surface area contributed by atoms with Crippen molar-refractivity contribution in [2.75, 3.05) is 20.1 Å². The van der Waals surface area contributed by atoms with Gasteiger partial charge in [0.25, 0.3) is 5.91 Å². The third kappa shape index (κ3) is 4.48. The highest BCUT2D eigenvalue weighted by Crippen LogP contribution is 2.42. The van der Waals surface area contributed by atoms with Crippen molar-refractivity contribution in [1.82, 2.24) is 20.4 Å². The van der Waals surface area contributed by atoms with Gasteiger partial charge in [-0.15, -0.1) is 0 Å². The van der Waals surface area contributed by atoms with E-state index in [0.717, 1.165) is 11.6 Å². The van der Waals surface area contributed by atoms with Gasteiger partial charge in [-0.25, -0.2) is 4.79 Å². The van der Waals surface area contributed by atoms with Crippen molar-refractivity contribution in [3.05, 3.63) is 82.6 Å². The van der Waals surface area contributed by atoms with E-state index in [9.17, 15) is 27.6 Å². The summed E-state index contributed by atoms with van der Waals surface area (Å²) in [5, 5.41) is 5.16. The van der Waals surface area contributed by atoms with Gasteiger partial charge >= 0.3 is 12.2 Å². The first-order valence-corrected chi connectivity index (χ1v) is 11.2. The fourth-order valence-corrected chi connectivity index (χ4v) is 4.69. The van der Waals surface area contributed by atoms with Crippen molar-refractivity contribution < 1.29 is 27.6 Å². The number of urea groups is 1. The largest absolute Gasteiger partial charge is 0.416 e. The monoisotopic (exact) mass is 486 g/mol. The number of hydrogen-bond acceptors (Lipinski definition) is 3. The van der Waals surface area contributed by atoms with Gasteiger partial charge < -0.3 is 15.5 Å². The Hall–Kier alpha value is -3.82. The molecule has 0 spiro atoms. The van der Waals surface area contributed by atoms with Crippen LogP contribution in [0.5, 0.6) is 0 Å². The van der Waals surface area contributed by atoms with Crippen LogP contribution in [0.1, 0.15) is 29.7 Å². The van der Waals surface area contributed by atoms with E-state index >= 15 is 0 Å². The lowest BCUT2D eigenvalue weighted by molar-refractivity contribution is -0.138. The van der Waals surface area contributed by atoms with E-state index < -0.39 is 41.7 Å². The quantitative estimate of drug-likeness (QED) is 0.658.